The van der Waals surface area contributed by atoms with Crippen LogP contribution in [0.1, 0.15) is 44.2 Å². The van der Waals surface area contributed by atoms with Gasteiger partial charge in [-0.2, -0.15) is 0 Å². The molecule has 0 saturated carbocycles. The molecule has 0 bridgehead atoms. The lowest BCUT2D eigenvalue weighted by molar-refractivity contribution is -0.675. The lowest BCUT2D eigenvalue weighted by atomic mass is 9.90. The molecular weight excluding hydrogens is 398 g/mol. The van der Waals surface area contributed by atoms with Crippen molar-refractivity contribution in [1.29, 1.82) is 0 Å². The highest BCUT2D eigenvalue weighted by atomic mass is 16.5. The van der Waals surface area contributed by atoms with Crippen LogP contribution in [0.4, 0.5) is 0 Å². The number of H-pyrrole nitrogens is 1. The van der Waals surface area contributed by atoms with E-state index in [1.165, 1.54) is 22.9 Å². The van der Waals surface area contributed by atoms with Crippen LogP contribution in [0.3, 0.4) is 0 Å². The van der Waals surface area contributed by atoms with E-state index in [0.717, 1.165) is 30.9 Å². The van der Waals surface area contributed by atoms with E-state index in [9.17, 15) is 4.79 Å². The molecule has 4 atom stereocenters. The number of likely N-dealkylation sites (tertiary alicyclic amines) is 1. The average Bonchev–Trinajstić information content (AvgIpc) is 3.22. The van der Waals surface area contributed by atoms with Gasteiger partial charge in [-0.15, -0.1) is 0 Å². The number of carbonyl (C=O) groups excluding carboxylic acids is 1. The third kappa shape index (κ3) is 4.83. The number of fused-ring (bicyclic) bond motifs is 1. The van der Waals surface area contributed by atoms with Crippen molar-refractivity contribution in [3.05, 3.63) is 65.9 Å². The maximum absolute atomic E-state index is 13.2. The molecule has 3 N–H and O–H groups in total. The van der Waals surface area contributed by atoms with Crippen molar-refractivity contribution in [2.24, 2.45) is 11.8 Å². The predicted molar refractivity (Wildman–Crippen MR) is 129 cm³/mol. The third-order valence-electron chi connectivity index (χ3n) is 6.81. The van der Waals surface area contributed by atoms with Gasteiger partial charge in [0.15, 0.2) is 6.04 Å². The molecule has 4 rings (SSSR count). The minimum atomic E-state index is -0.0987. The fraction of sp³-hybridized carbons (Fsp3) is 0.444. The van der Waals surface area contributed by atoms with Gasteiger partial charge in [0, 0.05) is 30.2 Å². The number of hydrogen-bond acceptors (Lipinski definition) is 2. The van der Waals surface area contributed by atoms with Crippen LogP contribution in [0.25, 0.3) is 10.9 Å². The molecule has 0 spiro atoms. The number of quaternary nitrogens is 1. The van der Waals surface area contributed by atoms with Gasteiger partial charge in [-0.25, -0.2) is 0 Å². The molecule has 0 aliphatic carbocycles. The molecule has 1 aromatic heterocycles. The van der Waals surface area contributed by atoms with Gasteiger partial charge in [-0.1, -0.05) is 44.2 Å². The van der Waals surface area contributed by atoms with E-state index in [0.29, 0.717) is 11.8 Å². The Hall–Kier alpha value is -2.79. The van der Waals surface area contributed by atoms with E-state index in [1.807, 2.05) is 19.1 Å². The number of nitrogens with zero attached hydrogens (tertiary/aromatic N) is 1. The number of benzene rings is 2. The summed E-state index contributed by atoms with van der Waals surface area (Å²) in [7, 11) is 1.69. The summed E-state index contributed by atoms with van der Waals surface area (Å²) in [6, 6.07) is 16.6. The third-order valence-corrected chi connectivity index (χ3v) is 6.81. The molecule has 32 heavy (non-hydrogen) atoms. The lowest BCUT2D eigenvalue weighted by Crippen LogP contribution is -2.92. The summed E-state index contributed by atoms with van der Waals surface area (Å²) in [5.74, 6) is 2.44. The molecule has 5 nitrogen and oxygen atoms in total. The zero-order chi connectivity index (χ0) is 22.7. The number of carbonyl (C=O) groups is 1. The summed E-state index contributed by atoms with van der Waals surface area (Å²) in [4.78, 5) is 18.7. The van der Waals surface area contributed by atoms with Gasteiger partial charge in [0.2, 0.25) is 0 Å². The first-order valence-electron chi connectivity index (χ1n) is 11.8. The van der Waals surface area contributed by atoms with Crippen molar-refractivity contribution in [2.45, 2.75) is 39.2 Å². The normalized spacial score (nSPS) is 20.8. The highest BCUT2D eigenvalue weighted by Gasteiger charge is 2.31. The minimum Gasteiger partial charge on any atom is -0.497 e. The van der Waals surface area contributed by atoms with Crippen LogP contribution in [0.5, 0.6) is 5.75 Å². The maximum Gasteiger partial charge on any atom is 0.280 e. The van der Waals surface area contributed by atoms with E-state index in [-0.39, 0.29) is 17.9 Å². The summed E-state index contributed by atoms with van der Waals surface area (Å²) in [5, 5.41) is 3.45. The molecule has 1 fully saturated rings. The van der Waals surface area contributed by atoms with Gasteiger partial charge in [0.1, 0.15) is 5.75 Å². The predicted octanol–water partition coefficient (Wildman–Crippen LogP) is 3.76. The summed E-state index contributed by atoms with van der Waals surface area (Å²) in [5.41, 5.74) is 3.63. The number of methoxy groups -OCH3 is 1. The Balaban J connectivity index is 1.54. The summed E-state index contributed by atoms with van der Waals surface area (Å²) >= 11 is 0. The van der Waals surface area contributed by atoms with Crippen LogP contribution >= 0.6 is 0 Å². The Morgan fingerprint density at radius 2 is 1.81 bits per heavy atom. The second-order valence-electron chi connectivity index (χ2n) is 9.56. The van der Waals surface area contributed by atoms with Gasteiger partial charge < -0.3 is 19.9 Å². The molecule has 170 valence electrons. The fourth-order valence-corrected chi connectivity index (χ4v) is 5.23. The fourth-order valence-electron chi connectivity index (χ4n) is 5.23. The second kappa shape index (κ2) is 9.78. The van der Waals surface area contributed by atoms with Gasteiger partial charge in [-0.05, 0) is 54.5 Å². The number of ether oxygens (including phenoxy) is 1. The first kappa shape index (κ1) is 22.4. The molecule has 3 aromatic rings. The lowest BCUT2D eigenvalue weighted by Gasteiger charge is -2.35. The van der Waals surface area contributed by atoms with Gasteiger partial charge in [0.05, 0.1) is 19.6 Å². The van der Waals surface area contributed by atoms with E-state index >= 15 is 0 Å². The van der Waals surface area contributed by atoms with Gasteiger partial charge >= 0.3 is 0 Å². The van der Waals surface area contributed by atoms with E-state index < -0.39 is 0 Å². The number of nitrogens with one attached hydrogen (secondary N) is 1. The second-order valence-corrected chi connectivity index (χ2v) is 9.56. The number of piperidine rings is 1. The van der Waals surface area contributed by atoms with Crippen LogP contribution in [-0.2, 0) is 4.79 Å². The van der Waals surface area contributed by atoms with Crippen LogP contribution in [0, 0.1) is 11.8 Å². The summed E-state index contributed by atoms with van der Waals surface area (Å²) in [6.45, 7) is 9.12. The molecule has 1 amide bonds. The Labute approximate surface area is 191 Å². The Morgan fingerprint density at radius 1 is 1.12 bits per heavy atom. The van der Waals surface area contributed by atoms with Crippen molar-refractivity contribution in [2.75, 3.05) is 26.7 Å². The number of rotatable bonds is 7. The molecule has 2 aromatic carbocycles. The topological polar surface area (TPSA) is 61.9 Å². The molecule has 2 heterocycles. The van der Waals surface area contributed by atoms with Crippen molar-refractivity contribution < 1.29 is 14.8 Å². The number of hydrogen-bond donors (Lipinski definition) is 2. The maximum atomic E-state index is 13.2. The van der Waals surface area contributed by atoms with E-state index in [2.05, 4.69) is 71.6 Å². The quantitative estimate of drug-likeness (QED) is 0.595. The highest BCUT2D eigenvalue weighted by Crippen LogP contribution is 2.31. The molecule has 1 aliphatic heterocycles. The zero-order valence-electron chi connectivity index (χ0n) is 19.7. The van der Waals surface area contributed by atoms with Crippen LogP contribution in [0.15, 0.2) is 54.7 Å². The molecule has 1 saturated heterocycles. The molecule has 1 aliphatic rings. The van der Waals surface area contributed by atoms with Crippen molar-refractivity contribution in [3.63, 3.8) is 0 Å². The van der Waals surface area contributed by atoms with E-state index in [4.69, 9.17) is 4.74 Å². The first-order valence-corrected chi connectivity index (χ1v) is 11.8. The Kier molecular flexibility index (Phi) is 6.85. The van der Waals surface area contributed by atoms with Crippen LogP contribution < -0.4 is 10.1 Å². The average molecular weight is 435 g/mol. The number of aromatic amines is 1. The SMILES string of the molecule is COc1ccc([C@H](C[NH2+][C@H](C)C(=O)N2C[C@@H](C)C[C@H](C)C2)c2c[nH]c3ccccc23)cc1. The minimum absolute atomic E-state index is 0.0987. The summed E-state index contributed by atoms with van der Waals surface area (Å²) in [6.07, 6.45) is 3.33. The van der Waals surface area contributed by atoms with Crippen LogP contribution in [-0.4, -0.2) is 48.6 Å². The Morgan fingerprint density at radius 3 is 2.50 bits per heavy atom. The van der Waals surface area contributed by atoms with Gasteiger partial charge in [0.25, 0.3) is 5.91 Å². The highest BCUT2D eigenvalue weighted by molar-refractivity contribution is 5.84. The van der Waals surface area contributed by atoms with Crippen molar-refractivity contribution >= 4 is 16.8 Å². The summed E-state index contributed by atoms with van der Waals surface area (Å²) < 4.78 is 5.36. The number of aromatic nitrogens is 1. The van der Waals surface area contributed by atoms with Crippen molar-refractivity contribution in [3.8, 4) is 5.75 Å². The first-order chi connectivity index (χ1) is 15.5. The monoisotopic (exact) mass is 434 g/mol. The van der Waals surface area contributed by atoms with Crippen LogP contribution in [0.2, 0.25) is 0 Å². The van der Waals surface area contributed by atoms with Gasteiger partial charge in [-0.3, -0.25) is 4.79 Å². The zero-order valence-corrected chi connectivity index (χ0v) is 19.7. The number of para-hydroxylation sites is 1. The molecular formula is C27H36N3O2+. The largest absolute Gasteiger partial charge is 0.497 e. The number of amides is 1. The smallest absolute Gasteiger partial charge is 0.280 e. The standard InChI is InChI=1S/C27H35N3O2/c1-18-13-19(2)17-30(16-18)27(31)20(3)28-14-24(21-9-11-22(32-4)12-10-21)25-15-29-26-8-6-5-7-23(25)26/h5-12,15,18-20,24,28-29H,13-14,16-17H2,1-4H3/p+1/t18-,19-,20+,24-/m0/s1. The molecule has 5 heteroatoms. The molecule has 0 radical (unpaired) electrons. The Bertz CT molecular complexity index is 1030. The number of nitrogens with two attached hydrogens (primary N) is 1. The van der Waals surface area contributed by atoms with E-state index in [1.54, 1.807) is 7.11 Å². The van der Waals surface area contributed by atoms with Crippen molar-refractivity contribution in [1.82, 2.24) is 9.88 Å². The molecule has 0 unspecified atom stereocenters.